The number of hydrogen-bond acceptors (Lipinski definition) is 8. The molecule has 2 aliphatic heterocycles. The molecule has 1 aromatic carbocycles. The molecule has 1 N–H and O–H groups in total. The number of amides is 2. The van der Waals surface area contributed by atoms with Crippen molar-refractivity contribution in [3.63, 3.8) is 0 Å². The second-order valence-corrected chi connectivity index (χ2v) is 9.28. The molecule has 29 heavy (non-hydrogen) atoms. The van der Waals surface area contributed by atoms with Crippen molar-refractivity contribution in [2.75, 3.05) is 31.1 Å². The number of carbonyl (C=O) groups excluding carboxylic acids is 2. The summed E-state index contributed by atoms with van der Waals surface area (Å²) in [7, 11) is -3.52. The average molecular weight is 431 g/mol. The number of benzene rings is 1. The van der Waals surface area contributed by atoms with Gasteiger partial charge in [0, 0.05) is 38.5 Å². The molecule has 2 aromatic rings. The van der Waals surface area contributed by atoms with Crippen LogP contribution in [0.15, 0.2) is 52.4 Å². The minimum Gasteiger partial charge on any atom is -0.354 e. The Morgan fingerprint density at radius 3 is 2.41 bits per heavy atom. The van der Waals surface area contributed by atoms with Crippen molar-refractivity contribution in [2.24, 2.45) is 0 Å². The van der Waals surface area contributed by atoms with Crippen LogP contribution < -0.4 is 10.2 Å². The summed E-state index contributed by atoms with van der Waals surface area (Å²) in [4.78, 5) is 34.0. The first-order chi connectivity index (χ1) is 13.9. The summed E-state index contributed by atoms with van der Waals surface area (Å²) >= 11 is 0.805. The SMILES string of the molecule is O=C1NC(=O)/C(=C/c2nccc(N3CCN(S(=O)(=O)c4ccccc4)CC3)n2)S1. The summed E-state index contributed by atoms with van der Waals surface area (Å²) in [6, 6.07) is 10.1. The third kappa shape index (κ3) is 4.16. The maximum Gasteiger partial charge on any atom is 0.290 e. The van der Waals surface area contributed by atoms with Crippen molar-refractivity contribution in [1.82, 2.24) is 19.6 Å². The first-order valence-corrected chi connectivity index (χ1v) is 11.1. The van der Waals surface area contributed by atoms with Crippen LogP contribution >= 0.6 is 11.8 Å². The van der Waals surface area contributed by atoms with Crippen LogP contribution in [0.1, 0.15) is 5.82 Å². The predicted octanol–water partition coefficient (Wildman–Crippen LogP) is 1.31. The van der Waals surface area contributed by atoms with Gasteiger partial charge in [0.05, 0.1) is 9.80 Å². The van der Waals surface area contributed by atoms with Gasteiger partial charge in [0.1, 0.15) is 5.82 Å². The predicted molar refractivity (Wildman–Crippen MR) is 109 cm³/mol. The van der Waals surface area contributed by atoms with Crippen molar-refractivity contribution in [3.8, 4) is 0 Å². The number of nitrogens with one attached hydrogen (secondary N) is 1. The Balaban J connectivity index is 1.46. The molecule has 0 saturated carbocycles. The number of nitrogens with zero attached hydrogens (tertiary/aromatic N) is 4. The van der Waals surface area contributed by atoms with Crippen LogP contribution in [0.5, 0.6) is 0 Å². The largest absolute Gasteiger partial charge is 0.354 e. The molecule has 9 nitrogen and oxygen atoms in total. The highest BCUT2D eigenvalue weighted by atomic mass is 32.2. The van der Waals surface area contributed by atoms with E-state index in [1.165, 1.54) is 10.4 Å². The first kappa shape index (κ1) is 19.6. The Morgan fingerprint density at radius 2 is 1.76 bits per heavy atom. The zero-order valence-electron chi connectivity index (χ0n) is 15.2. The second kappa shape index (κ2) is 7.93. The van der Waals surface area contributed by atoms with Gasteiger partial charge in [0.25, 0.3) is 11.1 Å². The average Bonchev–Trinajstić information content (AvgIpc) is 3.05. The number of sulfonamides is 1. The topological polar surface area (TPSA) is 113 Å². The van der Waals surface area contributed by atoms with E-state index < -0.39 is 21.2 Å². The Morgan fingerprint density at radius 1 is 1.03 bits per heavy atom. The first-order valence-electron chi connectivity index (χ1n) is 8.81. The van der Waals surface area contributed by atoms with Crippen LogP contribution in [0.2, 0.25) is 0 Å². The van der Waals surface area contributed by atoms with Crippen molar-refractivity contribution in [2.45, 2.75) is 4.90 Å². The maximum absolute atomic E-state index is 12.7. The van der Waals surface area contributed by atoms with Crippen molar-refractivity contribution in [1.29, 1.82) is 0 Å². The Kier molecular flexibility index (Phi) is 5.35. The number of thioether (sulfide) groups is 1. The van der Waals surface area contributed by atoms with Gasteiger partial charge in [-0.05, 0) is 30.0 Å². The minimum absolute atomic E-state index is 0.242. The van der Waals surface area contributed by atoms with Crippen LogP contribution in [-0.4, -0.2) is 60.0 Å². The molecule has 0 atom stereocenters. The van der Waals surface area contributed by atoms with Gasteiger partial charge in [-0.15, -0.1) is 0 Å². The highest BCUT2D eigenvalue weighted by Gasteiger charge is 2.29. The molecule has 0 unspecified atom stereocenters. The normalized spacial score (nSPS) is 19.6. The molecule has 150 valence electrons. The van der Waals surface area contributed by atoms with Gasteiger partial charge in [-0.3, -0.25) is 14.9 Å². The minimum atomic E-state index is -3.52. The van der Waals surface area contributed by atoms with Crippen LogP contribution in [0.3, 0.4) is 0 Å². The van der Waals surface area contributed by atoms with Crippen molar-refractivity contribution < 1.29 is 18.0 Å². The van der Waals surface area contributed by atoms with E-state index in [9.17, 15) is 18.0 Å². The lowest BCUT2D eigenvalue weighted by atomic mass is 10.3. The summed E-state index contributed by atoms with van der Waals surface area (Å²) in [5.41, 5.74) is 0. The Hall–Kier alpha value is -2.76. The highest BCUT2D eigenvalue weighted by molar-refractivity contribution is 8.18. The number of imide groups is 1. The van der Waals surface area contributed by atoms with Gasteiger partial charge in [-0.25, -0.2) is 18.4 Å². The van der Waals surface area contributed by atoms with E-state index in [0.717, 1.165) is 11.8 Å². The molecule has 2 aliphatic rings. The zero-order valence-corrected chi connectivity index (χ0v) is 16.8. The smallest absolute Gasteiger partial charge is 0.290 e. The molecule has 11 heteroatoms. The van der Waals surface area contributed by atoms with Crippen LogP contribution in [0.25, 0.3) is 6.08 Å². The van der Waals surface area contributed by atoms with E-state index in [1.54, 1.807) is 42.6 Å². The standard InChI is InChI=1S/C18H17N5O4S2/c24-17-14(28-18(25)21-17)12-15-19-7-6-16(20-15)22-8-10-23(11-9-22)29(26,27)13-4-2-1-3-5-13/h1-7,12H,8-11H2,(H,21,24,25)/b14-12-. The van der Waals surface area contributed by atoms with Gasteiger partial charge in [0.15, 0.2) is 5.82 Å². The summed E-state index contributed by atoms with van der Waals surface area (Å²) in [6.07, 6.45) is 3.03. The number of anilines is 1. The lowest BCUT2D eigenvalue weighted by molar-refractivity contribution is -0.115. The zero-order chi connectivity index (χ0) is 20.4. The molecule has 4 rings (SSSR count). The van der Waals surface area contributed by atoms with E-state index in [-0.39, 0.29) is 9.80 Å². The van der Waals surface area contributed by atoms with Gasteiger partial charge in [-0.2, -0.15) is 4.31 Å². The fraction of sp³-hybridized carbons (Fsp3) is 0.222. The highest BCUT2D eigenvalue weighted by Crippen LogP contribution is 2.25. The molecule has 0 spiro atoms. The van der Waals surface area contributed by atoms with Crippen molar-refractivity contribution in [3.05, 3.63) is 53.3 Å². The molecule has 0 radical (unpaired) electrons. The third-order valence-electron chi connectivity index (χ3n) is 4.51. The molecule has 2 fully saturated rings. The molecule has 2 saturated heterocycles. The van der Waals surface area contributed by atoms with E-state index in [4.69, 9.17) is 0 Å². The quantitative estimate of drug-likeness (QED) is 0.721. The van der Waals surface area contributed by atoms with Gasteiger partial charge in [-0.1, -0.05) is 18.2 Å². The number of aromatic nitrogens is 2. The summed E-state index contributed by atoms with van der Waals surface area (Å²) in [5.74, 6) is 0.487. The van der Waals surface area contributed by atoms with Gasteiger partial charge < -0.3 is 4.90 Å². The molecule has 0 bridgehead atoms. The Labute approximate surface area is 171 Å². The van der Waals surface area contributed by atoms with Crippen LogP contribution in [0.4, 0.5) is 10.6 Å². The maximum atomic E-state index is 12.7. The lowest BCUT2D eigenvalue weighted by Crippen LogP contribution is -2.48. The summed E-state index contributed by atoms with van der Waals surface area (Å²) in [5, 5.41) is 1.76. The second-order valence-electron chi connectivity index (χ2n) is 6.33. The van der Waals surface area contributed by atoms with E-state index in [1.807, 2.05) is 4.90 Å². The van der Waals surface area contributed by atoms with E-state index in [2.05, 4.69) is 15.3 Å². The molecule has 0 aliphatic carbocycles. The third-order valence-corrected chi connectivity index (χ3v) is 7.23. The summed E-state index contributed by atoms with van der Waals surface area (Å²) in [6.45, 7) is 1.63. The monoisotopic (exact) mass is 431 g/mol. The fourth-order valence-corrected chi connectivity index (χ4v) is 5.14. The van der Waals surface area contributed by atoms with Gasteiger partial charge >= 0.3 is 0 Å². The molecule has 1 aromatic heterocycles. The van der Waals surface area contributed by atoms with E-state index in [0.29, 0.717) is 37.8 Å². The van der Waals surface area contributed by atoms with Gasteiger partial charge in [0.2, 0.25) is 10.0 Å². The van der Waals surface area contributed by atoms with Crippen LogP contribution in [-0.2, 0) is 14.8 Å². The summed E-state index contributed by atoms with van der Waals surface area (Å²) < 4.78 is 26.9. The van der Waals surface area contributed by atoms with Crippen molar-refractivity contribution >= 4 is 44.8 Å². The molecule has 2 amide bonds. The van der Waals surface area contributed by atoms with E-state index >= 15 is 0 Å². The number of carbonyl (C=O) groups is 2. The Bertz CT molecular complexity index is 1080. The van der Waals surface area contributed by atoms with Crippen LogP contribution in [0, 0.1) is 0 Å². The number of piperazine rings is 1. The molecule has 3 heterocycles. The number of rotatable bonds is 4. The number of hydrogen-bond donors (Lipinski definition) is 1. The lowest BCUT2D eigenvalue weighted by Gasteiger charge is -2.34. The molecular formula is C18H17N5O4S2. The molecular weight excluding hydrogens is 414 g/mol. The fourth-order valence-electron chi connectivity index (χ4n) is 3.05.